The van der Waals surface area contributed by atoms with Crippen molar-refractivity contribution in [1.29, 1.82) is 0 Å². The van der Waals surface area contributed by atoms with Gasteiger partial charge in [-0.05, 0) is 50.9 Å². The molecule has 5 nitrogen and oxygen atoms in total. The summed E-state index contributed by atoms with van der Waals surface area (Å²) in [5.74, 6) is 1.23. The molecule has 1 N–H and O–H groups in total. The van der Waals surface area contributed by atoms with Gasteiger partial charge in [0.1, 0.15) is 0 Å². The van der Waals surface area contributed by atoms with Crippen LogP contribution in [0.1, 0.15) is 71.1 Å². The Kier molecular flexibility index (Phi) is 7.54. The van der Waals surface area contributed by atoms with Gasteiger partial charge in [-0.25, -0.2) is 13.1 Å². The Morgan fingerprint density at radius 2 is 1.83 bits per heavy atom. The number of sulfonamides is 1. The molecule has 1 aliphatic carbocycles. The van der Waals surface area contributed by atoms with Crippen molar-refractivity contribution in [2.75, 3.05) is 19.3 Å². The first kappa shape index (κ1) is 19.7. The normalized spacial score (nSPS) is 28.8. The Hall–Kier alpha value is -0.620. The maximum absolute atomic E-state index is 13.0. The van der Waals surface area contributed by atoms with Gasteiger partial charge in [-0.2, -0.15) is 0 Å². The van der Waals surface area contributed by atoms with Crippen LogP contribution in [0.25, 0.3) is 0 Å². The van der Waals surface area contributed by atoms with Crippen LogP contribution in [0.15, 0.2) is 0 Å². The van der Waals surface area contributed by atoms with E-state index >= 15 is 0 Å². The molecule has 1 atom stereocenters. The molecule has 2 aliphatic rings. The maximum atomic E-state index is 13.0. The number of rotatable bonds is 7. The van der Waals surface area contributed by atoms with Crippen molar-refractivity contribution < 1.29 is 13.2 Å². The average molecular weight is 359 g/mol. The highest BCUT2D eigenvalue weighted by Gasteiger charge is 2.33. The summed E-state index contributed by atoms with van der Waals surface area (Å²) in [6.45, 7) is 3.37. The lowest BCUT2D eigenvalue weighted by Crippen LogP contribution is -2.51. The molecule has 24 heavy (non-hydrogen) atoms. The molecule has 2 fully saturated rings. The molecule has 0 bridgehead atoms. The van der Waals surface area contributed by atoms with Gasteiger partial charge in [-0.3, -0.25) is 4.79 Å². The highest BCUT2D eigenvalue weighted by molar-refractivity contribution is 7.88. The minimum atomic E-state index is -3.20. The number of carbonyl (C=O) groups excluding carboxylic acids is 1. The number of nitrogens with zero attached hydrogens (tertiary/aromatic N) is 1. The number of hydrogen-bond acceptors (Lipinski definition) is 3. The molecular formula is C18H34N2O3S. The van der Waals surface area contributed by atoms with Gasteiger partial charge in [0.2, 0.25) is 15.9 Å². The number of unbranched alkanes of at least 4 members (excludes halogenated alkanes) is 1. The number of amides is 1. The molecule has 0 aromatic rings. The van der Waals surface area contributed by atoms with Crippen LogP contribution < -0.4 is 4.72 Å². The fourth-order valence-electron chi connectivity index (χ4n) is 4.18. The smallest absolute Gasteiger partial charge is 0.225 e. The van der Waals surface area contributed by atoms with Crippen LogP contribution in [0.4, 0.5) is 0 Å². The van der Waals surface area contributed by atoms with Gasteiger partial charge in [0.25, 0.3) is 0 Å². The first-order valence-corrected chi connectivity index (χ1v) is 11.5. The van der Waals surface area contributed by atoms with Crippen molar-refractivity contribution in [2.45, 2.75) is 77.2 Å². The molecule has 140 valence electrons. The summed E-state index contributed by atoms with van der Waals surface area (Å²) in [6, 6.07) is 0.0267. The third kappa shape index (κ3) is 6.03. The van der Waals surface area contributed by atoms with Gasteiger partial charge in [-0.1, -0.05) is 26.2 Å². The van der Waals surface area contributed by atoms with Crippen LogP contribution in [0.5, 0.6) is 0 Å². The second-order valence-corrected chi connectivity index (χ2v) is 9.49. The zero-order valence-corrected chi connectivity index (χ0v) is 16.1. The first-order valence-electron chi connectivity index (χ1n) is 9.65. The Bertz CT molecular complexity index is 498. The molecule has 0 spiro atoms. The molecule has 1 heterocycles. The van der Waals surface area contributed by atoms with Crippen LogP contribution >= 0.6 is 0 Å². The summed E-state index contributed by atoms with van der Waals surface area (Å²) >= 11 is 0. The van der Waals surface area contributed by atoms with Crippen molar-refractivity contribution in [3.8, 4) is 0 Å². The number of hydrogen-bond donors (Lipinski definition) is 1. The molecule has 0 aromatic heterocycles. The lowest BCUT2D eigenvalue weighted by atomic mass is 9.79. The minimum absolute atomic E-state index is 0.0267. The maximum Gasteiger partial charge on any atom is 0.225 e. The van der Waals surface area contributed by atoms with Crippen molar-refractivity contribution in [1.82, 2.24) is 9.62 Å². The molecule has 1 aliphatic heterocycles. The van der Waals surface area contributed by atoms with Crippen molar-refractivity contribution in [2.24, 2.45) is 11.8 Å². The molecule has 0 radical (unpaired) electrons. The van der Waals surface area contributed by atoms with Crippen LogP contribution in [0.3, 0.4) is 0 Å². The third-order valence-electron chi connectivity index (χ3n) is 5.65. The first-order chi connectivity index (χ1) is 11.4. The number of likely N-dealkylation sites (tertiary alicyclic amines) is 1. The summed E-state index contributed by atoms with van der Waals surface area (Å²) in [6.07, 6.45) is 12.4. The van der Waals surface area contributed by atoms with Crippen LogP contribution in [-0.2, 0) is 14.8 Å². The van der Waals surface area contributed by atoms with Gasteiger partial charge in [0.05, 0.1) is 6.26 Å². The summed E-state index contributed by atoms with van der Waals surface area (Å²) < 4.78 is 25.3. The van der Waals surface area contributed by atoms with E-state index in [0.717, 1.165) is 44.6 Å². The lowest BCUT2D eigenvalue weighted by Gasteiger charge is -2.39. The average Bonchev–Trinajstić information content (AvgIpc) is 2.57. The van der Waals surface area contributed by atoms with Gasteiger partial charge < -0.3 is 4.90 Å². The number of carbonyl (C=O) groups is 1. The summed E-state index contributed by atoms with van der Waals surface area (Å²) in [5, 5.41) is 0. The highest BCUT2D eigenvalue weighted by Crippen LogP contribution is 2.34. The molecule has 1 saturated carbocycles. The lowest BCUT2D eigenvalue weighted by molar-refractivity contribution is -0.140. The van der Waals surface area contributed by atoms with Gasteiger partial charge in [0, 0.05) is 25.0 Å². The Morgan fingerprint density at radius 1 is 1.12 bits per heavy atom. The zero-order valence-electron chi connectivity index (χ0n) is 15.3. The molecule has 6 heteroatoms. The standard InChI is InChI=1S/C18H34N2O3S/c1-3-4-7-15-9-11-16(12-10-15)18(21)20-13-6-5-8-17(20)14-19-24(2,22)23/h15-17,19H,3-14H2,1-2H3. The van der Waals surface area contributed by atoms with E-state index in [9.17, 15) is 13.2 Å². The number of piperidine rings is 1. The Morgan fingerprint density at radius 3 is 2.46 bits per heavy atom. The van der Waals surface area contributed by atoms with Crippen LogP contribution in [0.2, 0.25) is 0 Å². The molecule has 1 amide bonds. The predicted molar refractivity (Wildman–Crippen MR) is 97.2 cm³/mol. The zero-order chi connectivity index (χ0) is 17.6. The van der Waals surface area contributed by atoms with E-state index < -0.39 is 10.0 Å². The van der Waals surface area contributed by atoms with Crippen molar-refractivity contribution in [3.05, 3.63) is 0 Å². The molecule has 1 saturated heterocycles. The Labute approximate surface area is 147 Å². The van der Waals surface area contributed by atoms with Crippen molar-refractivity contribution >= 4 is 15.9 Å². The summed E-state index contributed by atoms with van der Waals surface area (Å²) in [5.41, 5.74) is 0. The molecule has 1 unspecified atom stereocenters. The van der Waals surface area contributed by atoms with E-state index in [-0.39, 0.29) is 17.9 Å². The largest absolute Gasteiger partial charge is 0.338 e. The van der Waals surface area contributed by atoms with E-state index in [1.165, 1.54) is 38.4 Å². The van der Waals surface area contributed by atoms with E-state index in [0.29, 0.717) is 6.54 Å². The fraction of sp³-hybridized carbons (Fsp3) is 0.944. The highest BCUT2D eigenvalue weighted by atomic mass is 32.2. The number of nitrogens with one attached hydrogen (secondary N) is 1. The van der Waals surface area contributed by atoms with E-state index in [1.807, 2.05) is 4.90 Å². The van der Waals surface area contributed by atoms with Gasteiger partial charge in [-0.15, -0.1) is 0 Å². The summed E-state index contributed by atoms with van der Waals surface area (Å²) in [4.78, 5) is 14.9. The van der Waals surface area contributed by atoms with Gasteiger partial charge in [0.15, 0.2) is 0 Å². The predicted octanol–water partition coefficient (Wildman–Crippen LogP) is 2.91. The van der Waals surface area contributed by atoms with Crippen LogP contribution in [-0.4, -0.2) is 44.6 Å². The SMILES string of the molecule is CCCCC1CCC(C(=O)N2CCCCC2CNS(C)(=O)=O)CC1. The monoisotopic (exact) mass is 358 g/mol. The van der Waals surface area contributed by atoms with Gasteiger partial charge >= 0.3 is 0 Å². The topological polar surface area (TPSA) is 66.5 Å². The van der Waals surface area contributed by atoms with E-state index in [4.69, 9.17) is 0 Å². The second kappa shape index (κ2) is 9.18. The van der Waals surface area contributed by atoms with Crippen LogP contribution in [0, 0.1) is 11.8 Å². The second-order valence-electron chi connectivity index (χ2n) is 7.66. The van der Waals surface area contributed by atoms with E-state index in [1.54, 1.807) is 0 Å². The fourth-order valence-corrected chi connectivity index (χ4v) is 4.67. The quantitative estimate of drug-likeness (QED) is 0.761. The molecular weight excluding hydrogens is 324 g/mol. The van der Waals surface area contributed by atoms with Crippen molar-refractivity contribution in [3.63, 3.8) is 0 Å². The Balaban J connectivity index is 1.87. The van der Waals surface area contributed by atoms with E-state index in [2.05, 4.69) is 11.6 Å². The molecule has 2 rings (SSSR count). The third-order valence-corrected chi connectivity index (χ3v) is 6.34. The molecule has 0 aromatic carbocycles. The minimum Gasteiger partial charge on any atom is -0.338 e. The summed E-state index contributed by atoms with van der Waals surface area (Å²) in [7, 11) is -3.20.